The van der Waals surface area contributed by atoms with Crippen LogP contribution in [0.25, 0.3) is 0 Å². The van der Waals surface area contributed by atoms with Crippen LogP contribution in [0.1, 0.15) is 36.2 Å². The molecule has 14 heavy (non-hydrogen) atoms. The van der Waals surface area contributed by atoms with Crippen LogP contribution in [0.3, 0.4) is 0 Å². The van der Waals surface area contributed by atoms with Crippen LogP contribution < -0.4 is 5.73 Å². The van der Waals surface area contributed by atoms with Crippen molar-refractivity contribution in [1.29, 1.82) is 0 Å². The summed E-state index contributed by atoms with van der Waals surface area (Å²) in [5, 5.41) is 2.04. The third kappa shape index (κ3) is 2.04. The predicted octanol–water partition coefficient (Wildman–Crippen LogP) is 1.82. The third-order valence-corrected chi connectivity index (χ3v) is 2.98. The molecule has 0 amide bonds. The first kappa shape index (κ1) is 9.45. The lowest BCUT2D eigenvalue weighted by Crippen LogP contribution is -2.15. The van der Waals surface area contributed by atoms with Crippen LogP contribution >= 0.6 is 11.3 Å². The lowest BCUT2D eigenvalue weighted by atomic mass is 10.3. The lowest BCUT2D eigenvalue weighted by molar-refractivity contribution is 0.0312. The van der Waals surface area contributed by atoms with Crippen LogP contribution in [0.5, 0.6) is 0 Å². The van der Waals surface area contributed by atoms with Crippen LogP contribution in [-0.4, -0.2) is 17.1 Å². The highest BCUT2D eigenvalue weighted by Gasteiger charge is 2.21. The fourth-order valence-electron chi connectivity index (χ4n) is 1.60. The van der Waals surface area contributed by atoms with E-state index >= 15 is 0 Å². The maximum atomic E-state index is 11.5. The molecule has 0 spiro atoms. The number of thiazole rings is 1. The van der Waals surface area contributed by atoms with Gasteiger partial charge < -0.3 is 10.5 Å². The van der Waals surface area contributed by atoms with E-state index in [9.17, 15) is 4.79 Å². The summed E-state index contributed by atoms with van der Waals surface area (Å²) in [7, 11) is 0. The molecule has 4 nitrogen and oxygen atoms in total. The Bertz CT molecular complexity index is 331. The molecule has 2 N–H and O–H groups in total. The van der Waals surface area contributed by atoms with Gasteiger partial charge in [-0.1, -0.05) is 0 Å². The molecule has 76 valence electrons. The molecular formula is C9H12N2O2S. The molecule has 0 bridgehead atoms. The lowest BCUT2D eigenvalue weighted by Gasteiger charge is -2.09. The molecule has 0 aromatic carbocycles. The Morgan fingerprint density at radius 2 is 2.29 bits per heavy atom. The molecule has 1 fully saturated rings. The molecule has 5 heteroatoms. The van der Waals surface area contributed by atoms with Crippen molar-refractivity contribution >= 4 is 22.4 Å². The average Bonchev–Trinajstić information content (AvgIpc) is 2.75. The Labute approximate surface area is 86.1 Å². The monoisotopic (exact) mass is 212 g/mol. The maximum Gasteiger partial charge on any atom is 0.358 e. The standard InChI is InChI=1S/C9H12N2O2S/c10-9-11-7(5-14-9)8(12)13-6-3-1-2-4-6/h5-6H,1-4H2,(H2,10,11). The first-order chi connectivity index (χ1) is 6.75. The van der Waals surface area contributed by atoms with Gasteiger partial charge in [-0.15, -0.1) is 11.3 Å². The molecule has 0 atom stereocenters. The van der Waals surface area contributed by atoms with Crippen molar-refractivity contribution in [1.82, 2.24) is 4.98 Å². The van der Waals surface area contributed by atoms with E-state index in [1.165, 1.54) is 11.3 Å². The SMILES string of the molecule is Nc1nc(C(=O)OC2CCCC2)cs1. The molecule has 0 unspecified atom stereocenters. The maximum absolute atomic E-state index is 11.5. The minimum Gasteiger partial charge on any atom is -0.458 e. The van der Waals surface area contributed by atoms with E-state index in [-0.39, 0.29) is 12.1 Å². The van der Waals surface area contributed by atoms with Crippen LogP contribution in [0.2, 0.25) is 0 Å². The fourth-order valence-corrected chi connectivity index (χ4v) is 2.13. The van der Waals surface area contributed by atoms with Crippen molar-refractivity contribution in [2.75, 3.05) is 5.73 Å². The van der Waals surface area contributed by atoms with Gasteiger partial charge in [0.25, 0.3) is 0 Å². The summed E-state index contributed by atoms with van der Waals surface area (Å²) in [5.41, 5.74) is 5.76. The number of ether oxygens (including phenoxy) is 1. The Morgan fingerprint density at radius 1 is 1.57 bits per heavy atom. The van der Waals surface area contributed by atoms with E-state index in [1.807, 2.05) is 0 Å². The number of aromatic nitrogens is 1. The van der Waals surface area contributed by atoms with Crippen LogP contribution in [0.4, 0.5) is 5.13 Å². The number of carbonyl (C=O) groups is 1. The quantitative estimate of drug-likeness (QED) is 0.759. The summed E-state index contributed by atoms with van der Waals surface area (Å²) in [5.74, 6) is -0.343. The summed E-state index contributed by atoms with van der Waals surface area (Å²) in [6.45, 7) is 0. The first-order valence-electron chi connectivity index (χ1n) is 4.67. The van der Waals surface area contributed by atoms with E-state index in [1.54, 1.807) is 5.38 Å². The molecule has 0 saturated heterocycles. The third-order valence-electron chi connectivity index (χ3n) is 2.31. The molecular weight excluding hydrogens is 200 g/mol. The number of carbonyl (C=O) groups excluding carboxylic acids is 1. The van der Waals surface area contributed by atoms with Gasteiger partial charge in [-0.2, -0.15) is 0 Å². The molecule has 1 saturated carbocycles. The highest BCUT2D eigenvalue weighted by molar-refractivity contribution is 7.13. The average molecular weight is 212 g/mol. The predicted molar refractivity (Wildman–Crippen MR) is 54.2 cm³/mol. The van der Waals surface area contributed by atoms with Gasteiger partial charge in [-0.3, -0.25) is 0 Å². The molecule has 0 aliphatic heterocycles. The Kier molecular flexibility index (Phi) is 2.67. The minimum atomic E-state index is -0.343. The van der Waals surface area contributed by atoms with Crippen molar-refractivity contribution in [2.45, 2.75) is 31.8 Å². The van der Waals surface area contributed by atoms with Crippen LogP contribution in [-0.2, 0) is 4.74 Å². The van der Waals surface area contributed by atoms with Crippen molar-refractivity contribution in [3.63, 3.8) is 0 Å². The minimum absolute atomic E-state index is 0.0884. The highest BCUT2D eigenvalue weighted by atomic mass is 32.1. The Hall–Kier alpha value is -1.10. The Morgan fingerprint density at radius 3 is 2.86 bits per heavy atom. The van der Waals surface area contributed by atoms with Crippen molar-refractivity contribution in [2.24, 2.45) is 0 Å². The largest absolute Gasteiger partial charge is 0.458 e. The van der Waals surface area contributed by atoms with E-state index in [2.05, 4.69) is 4.98 Å². The second kappa shape index (κ2) is 3.96. The van der Waals surface area contributed by atoms with E-state index in [4.69, 9.17) is 10.5 Å². The first-order valence-corrected chi connectivity index (χ1v) is 5.55. The second-order valence-electron chi connectivity index (χ2n) is 3.38. The second-order valence-corrected chi connectivity index (χ2v) is 4.27. The van der Waals surface area contributed by atoms with Crippen LogP contribution in [0.15, 0.2) is 5.38 Å². The van der Waals surface area contributed by atoms with Gasteiger partial charge in [0, 0.05) is 5.38 Å². The topological polar surface area (TPSA) is 65.2 Å². The number of hydrogen-bond acceptors (Lipinski definition) is 5. The van der Waals surface area contributed by atoms with Gasteiger partial charge >= 0.3 is 5.97 Å². The van der Waals surface area contributed by atoms with Gasteiger partial charge in [-0.25, -0.2) is 9.78 Å². The summed E-state index contributed by atoms with van der Waals surface area (Å²) in [6, 6.07) is 0. The number of hydrogen-bond donors (Lipinski definition) is 1. The number of nitrogen functional groups attached to an aromatic ring is 1. The molecule has 1 aromatic rings. The van der Waals surface area contributed by atoms with Crippen molar-refractivity contribution < 1.29 is 9.53 Å². The van der Waals surface area contributed by atoms with Crippen molar-refractivity contribution in [3.05, 3.63) is 11.1 Å². The number of esters is 1. The van der Waals surface area contributed by atoms with E-state index in [0.717, 1.165) is 25.7 Å². The number of nitrogens with two attached hydrogens (primary N) is 1. The molecule has 1 aliphatic carbocycles. The zero-order chi connectivity index (χ0) is 9.97. The van der Waals surface area contributed by atoms with Gasteiger partial charge in [0.05, 0.1) is 0 Å². The normalized spacial score (nSPS) is 17.1. The highest BCUT2D eigenvalue weighted by Crippen LogP contribution is 2.22. The van der Waals surface area contributed by atoms with Gasteiger partial charge in [0.2, 0.25) is 0 Å². The molecule has 1 aromatic heterocycles. The van der Waals surface area contributed by atoms with Crippen molar-refractivity contribution in [3.8, 4) is 0 Å². The zero-order valence-corrected chi connectivity index (χ0v) is 8.55. The van der Waals surface area contributed by atoms with E-state index in [0.29, 0.717) is 10.8 Å². The molecule has 0 radical (unpaired) electrons. The molecule has 1 aliphatic rings. The van der Waals surface area contributed by atoms with Gasteiger partial charge in [0.1, 0.15) is 6.10 Å². The zero-order valence-electron chi connectivity index (χ0n) is 7.73. The molecule has 2 rings (SSSR count). The summed E-state index contributed by atoms with van der Waals surface area (Å²) in [6.07, 6.45) is 4.34. The smallest absolute Gasteiger partial charge is 0.358 e. The molecule has 1 heterocycles. The number of anilines is 1. The van der Waals surface area contributed by atoms with E-state index < -0.39 is 0 Å². The van der Waals surface area contributed by atoms with Crippen LogP contribution in [0, 0.1) is 0 Å². The summed E-state index contributed by atoms with van der Waals surface area (Å²) < 4.78 is 5.26. The van der Waals surface area contributed by atoms with Gasteiger partial charge in [0.15, 0.2) is 10.8 Å². The summed E-state index contributed by atoms with van der Waals surface area (Å²) in [4.78, 5) is 15.4. The number of rotatable bonds is 2. The van der Waals surface area contributed by atoms with Gasteiger partial charge in [-0.05, 0) is 25.7 Å². The number of nitrogens with zero attached hydrogens (tertiary/aromatic N) is 1. The fraction of sp³-hybridized carbons (Fsp3) is 0.556. The summed E-state index contributed by atoms with van der Waals surface area (Å²) >= 11 is 1.26. The Balaban J connectivity index is 1.95.